The summed E-state index contributed by atoms with van der Waals surface area (Å²) in [6.07, 6.45) is 37.1. The first-order chi connectivity index (χ1) is 28.8. The lowest BCUT2D eigenvalue weighted by Crippen LogP contribution is -2.29. The number of phosphoric ester groups is 1. The van der Waals surface area contributed by atoms with E-state index in [2.05, 4.69) is 13.8 Å². The van der Waals surface area contributed by atoms with Crippen molar-refractivity contribution in [3.05, 3.63) is 0 Å². The topological polar surface area (TPSA) is 133 Å². The highest BCUT2D eigenvalue weighted by Crippen LogP contribution is 2.48. The summed E-state index contributed by atoms with van der Waals surface area (Å²) in [5, 5.41) is 0. The van der Waals surface area contributed by atoms with Crippen LogP contribution in [0.5, 0.6) is 0 Å². The number of hydrogen-bond donors (Lipinski definition) is 0. The number of esters is 3. The maximum Gasteiger partial charge on any atom is 0.474 e. The van der Waals surface area contributed by atoms with Crippen LogP contribution in [0.2, 0.25) is 0 Å². The van der Waals surface area contributed by atoms with E-state index in [0.29, 0.717) is 13.0 Å². The number of carbonyl (C=O) groups is 3. The highest BCUT2D eigenvalue weighted by molar-refractivity contribution is 7.48. The average molecular weight is 863 g/mol. The first-order valence-corrected chi connectivity index (χ1v) is 25.7. The first-order valence-electron chi connectivity index (χ1n) is 24.2. The summed E-state index contributed by atoms with van der Waals surface area (Å²) in [5.74, 6) is -1.22. The Bertz CT molecular complexity index is 995. The van der Waals surface area contributed by atoms with Crippen molar-refractivity contribution in [2.45, 2.75) is 238 Å². The zero-order valence-electron chi connectivity index (χ0n) is 38.6. The Morgan fingerprint density at radius 1 is 0.407 bits per heavy atom. The molecule has 0 amide bonds. The third-order valence-corrected chi connectivity index (χ3v) is 12.1. The van der Waals surface area contributed by atoms with Crippen LogP contribution in [0.15, 0.2) is 0 Å². The van der Waals surface area contributed by atoms with Gasteiger partial charge in [-0.05, 0) is 19.3 Å². The van der Waals surface area contributed by atoms with Crippen molar-refractivity contribution in [2.75, 3.05) is 47.3 Å². The number of ether oxygens (including phenoxy) is 4. The Labute approximate surface area is 361 Å². The summed E-state index contributed by atoms with van der Waals surface area (Å²) >= 11 is 0. The largest absolute Gasteiger partial charge is 0.474 e. The average Bonchev–Trinajstić information content (AvgIpc) is 3.23. The van der Waals surface area contributed by atoms with Crippen molar-refractivity contribution in [3.63, 3.8) is 0 Å². The summed E-state index contributed by atoms with van der Waals surface area (Å²) in [5.41, 5.74) is 0. The number of carbonyl (C=O) groups excluding carboxylic acids is 3. The molecule has 0 fully saturated rings. The summed E-state index contributed by atoms with van der Waals surface area (Å²) in [4.78, 5) is 37.3. The standard InChI is InChI=1S/C47H91O11P/c1-5-7-9-11-13-15-17-19-21-23-25-27-29-31-33-36-46(49)55-42-44(43-57-59(51,53-4)56-39-35-38-45(48)54-41-40-52-3)58-47(50)37-34-32-30-28-26-24-22-20-18-16-14-12-10-8-6-2/h44H,5-43H2,1-4H3. The molecule has 0 radical (unpaired) electrons. The summed E-state index contributed by atoms with van der Waals surface area (Å²) < 4.78 is 50.0. The second kappa shape index (κ2) is 44.5. The van der Waals surface area contributed by atoms with Crippen LogP contribution in [0.1, 0.15) is 232 Å². The molecule has 0 aliphatic heterocycles. The monoisotopic (exact) mass is 863 g/mol. The highest BCUT2D eigenvalue weighted by Gasteiger charge is 2.28. The van der Waals surface area contributed by atoms with Gasteiger partial charge in [0.1, 0.15) is 13.2 Å². The van der Waals surface area contributed by atoms with Crippen LogP contribution in [-0.4, -0.2) is 71.3 Å². The predicted octanol–water partition coefficient (Wildman–Crippen LogP) is 13.7. The van der Waals surface area contributed by atoms with Gasteiger partial charge in [0.2, 0.25) is 0 Å². The van der Waals surface area contributed by atoms with E-state index >= 15 is 0 Å². The van der Waals surface area contributed by atoms with E-state index < -0.39 is 25.9 Å². The normalized spacial score (nSPS) is 12.9. The van der Waals surface area contributed by atoms with Crippen LogP contribution in [-0.2, 0) is 51.5 Å². The van der Waals surface area contributed by atoms with Crippen LogP contribution >= 0.6 is 7.82 Å². The van der Waals surface area contributed by atoms with Crippen LogP contribution in [0.4, 0.5) is 0 Å². The molecule has 0 heterocycles. The van der Waals surface area contributed by atoms with Crippen LogP contribution < -0.4 is 0 Å². The maximum atomic E-state index is 13.1. The van der Waals surface area contributed by atoms with E-state index in [9.17, 15) is 18.9 Å². The van der Waals surface area contributed by atoms with Gasteiger partial charge in [0.05, 0.1) is 19.8 Å². The Morgan fingerprint density at radius 2 is 0.780 bits per heavy atom. The lowest BCUT2D eigenvalue weighted by Gasteiger charge is -2.21. The van der Waals surface area contributed by atoms with E-state index in [0.717, 1.165) is 32.1 Å². The molecule has 0 aliphatic carbocycles. The lowest BCUT2D eigenvalue weighted by molar-refractivity contribution is -0.161. The van der Waals surface area contributed by atoms with Crippen molar-refractivity contribution in [3.8, 4) is 0 Å². The first kappa shape index (κ1) is 57.5. The molecule has 59 heavy (non-hydrogen) atoms. The molecule has 350 valence electrons. The van der Waals surface area contributed by atoms with E-state index in [4.69, 9.17) is 32.5 Å². The summed E-state index contributed by atoms with van der Waals surface area (Å²) in [6.45, 7) is 4.32. The van der Waals surface area contributed by atoms with Crippen molar-refractivity contribution < 1.29 is 51.5 Å². The van der Waals surface area contributed by atoms with Gasteiger partial charge in [-0.1, -0.05) is 194 Å². The zero-order chi connectivity index (χ0) is 43.3. The van der Waals surface area contributed by atoms with Crippen LogP contribution in [0, 0.1) is 0 Å². The van der Waals surface area contributed by atoms with Gasteiger partial charge in [-0.3, -0.25) is 28.0 Å². The van der Waals surface area contributed by atoms with Gasteiger partial charge in [0.25, 0.3) is 0 Å². The molecule has 0 aromatic rings. The second-order valence-corrected chi connectivity index (χ2v) is 18.0. The lowest BCUT2D eigenvalue weighted by atomic mass is 10.0. The molecule has 0 aromatic carbocycles. The Kier molecular flexibility index (Phi) is 43.4. The molecule has 0 rings (SSSR count). The molecule has 0 spiro atoms. The predicted molar refractivity (Wildman–Crippen MR) is 239 cm³/mol. The zero-order valence-corrected chi connectivity index (χ0v) is 39.5. The minimum atomic E-state index is -4.03. The molecule has 12 heteroatoms. The number of methoxy groups -OCH3 is 1. The fourth-order valence-electron chi connectivity index (χ4n) is 6.92. The molecule has 0 N–H and O–H groups in total. The van der Waals surface area contributed by atoms with E-state index in [1.807, 2.05) is 0 Å². The minimum Gasteiger partial charge on any atom is -0.463 e. The van der Waals surface area contributed by atoms with Gasteiger partial charge < -0.3 is 18.9 Å². The van der Waals surface area contributed by atoms with Gasteiger partial charge in [-0.2, -0.15) is 0 Å². The van der Waals surface area contributed by atoms with E-state index in [1.165, 1.54) is 168 Å². The van der Waals surface area contributed by atoms with Crippen LogP contribution in [0.25, 0.3) is 0 Å². The molecule has 0 bridgehead atoms. The third-order valence-electron chi connectivity index (χ3n) is 10.7. The van der Waals surface area contributed by atoms with E-state index in [1.54, 1.807) is 0 Å². The molecule has 11 nitrogen and oxygen atoms in total. The fourth-order valence-corrected chi connectivity index (χ4v) is 7.91. The van der Waals surface area contributed by atoms with Crippen molar-refractivity contribution in [1.82, 2.24) is 0 Å². The van der Waals surface area contributed by atoms with Crippen molar-refractivity contribution >= 4 is 25.7 Å². The van der Waals surface area contributed by atoms with Crippen molar-refractivity contribution in [1.29, 1.82) is 0 Å². The molecule has 0 saturated heterocycles. The van der Waals surface area contributed by atoms with Gasteiger partial charge >= 0.3 is 25.7 Å². The summed E-state index contributed by atoms with van der Waals surface area (Å²) in [7, 11) is -1.33. The molecule has 0 aliphatic rings. The van der Waals surface area contributed by atoms with Gasteiger partial charge in [-0.15, -0.1) is 0 Å². The molecule has 0 saturated carbocycles. The fraction of sp³-hybridized carbons (Fsp3) is 0.936. The third kappa shape index (κ3) is 41.6. The van der Waals surface area contributed by atoms with Crippen LogP contribution in [0.3, 0.4) is 0 Å². The molecule has 0 aromatic heterocycles. The molecular weight excluding hydrogens is 771 g/mol. The second-order valence-electron chi connectivity index (χ2n) is 16.3. The number of phosphoric acid groups is 1. The SMILES string of the molecule is CCCCCCCCCCCCCCCCCC(=O)OCC(COP(=O)(OC)OCCCC(=O)OCCOC)OC(=O)CCCCCCCCCCCCCCCCC. The number of unbranched alkanes of at least 4 members (excludes halogenated alkanes) is 28. The minimum absolute atomic E-state index is 0.0578. The van der Waals surface area contributed by atoms with Gasteiger partial charge in [0.15, 0.2) is 6.10 Å². The van der Waals surface area contributed by atoms with Crippen molar-refractivity contribution in [2.24, 2.45) is 0 Å². The Morgan fingerprint density at radius 3 is 1.19 bits per heavy atom. The van der Waals surface area contributed by atoms with E-state index in [-0.39, 0.29) is 58.1 Å². The molecule has 2 atom stereocenters. The summed E-state index contributed by atoms with van der Waals surface area (Å²) in [6, 6.07) is 0. The number of hydrogen-bond acceptors (Lipinski definition) is 11. The highest BCUT2D eigenvalue weighted by atomic mass is 31.2. The Hall–Kier alpha value is -1.52. The molecule has 2 unspecified atom stereocenters. The quantitative estimate of drug-likeness (QED) is 0.0250. The smallest absolute Gasteiger partial charge is 0.463 e. The van der Waals surface area contributed by atoms with Gasteiger partial charge in [-0.25, -0.2) is 4.57 Å². The Balaban J connectivity index is 4.53. The van der Waals surface area contributed by atoms with Gasteiger partial charge in [0, 0.05) is 33.5 Å². The number of rotatable bonds is 47. The maximum absolute atomic E-state index is 13.1. The molecular formula is C47H91O11P.